The molecule has 6 nitrogen and oxygen atoms in total. The van der Waals surface area contributed by atoms with Crippen molar-refractivity contribution in [3.63, 3.8) is 0 Å². The number of carbonyl (C=O) groups excluding carboxylic acids is 2. The Morgan fingerprint density at radius 2 is 2.00 bits per heavy atom. The summed E-state index contributed by atoms with van der Waals surface area (Å²) in [6.45, 7) is 8.05. The molecule has 25 heavy (non-hydrogen) atoms. The first-order valence-corrected chi connectivity index (χ1v) is 9.07. The molecule has 0 fully saturated rings. The fraction of sp³-hybridized carbons (Fsp3) is 0.444. The van der Waals surface area contributed by atoms with E-state index in [1.54, 1.807) is 4.90 Å². The second-order valence-electron chi connectivity index (χ2n) is 7.21. The van der Waals surface area contributed by atoms with Gasteiger partial charge in [-0.05, 0) is 11.6 Å². The number of hydrogen-bond acceptors (Lipinski definition) is 5. The number of hydrogen-bond donors (Lipinski definition) is 1. The highest BCUT2D eigenvalue weighted by Crippen LogP contribution is 2.32. The maximum Gasteiger partial charge on any atom is 0.243 e. The van der Waals surface area contributed by atoms with E-state index >= 15 is 0 Å². The van der Waals surface area contributed by atoms with Gasteiger partial charge in [0.1, 0.15) is 16.1 Å². The number of nitrogens with zero attached hydrogens (tertiary/aromatic N) is 3. The molecule has 0 unspecified atom stereocenters. The van der Waals surface area contributed by atoms with Crippen LogP contribution in [0.1, 0.15) is 43.3 Å². The highest BCUT2D eigenvalue weighted by molar-refractivity contribution is 7.11. The fourth-order valence-electron chi connectivity index (χ4n) is 2.89. The van der Waals surface area contributed by atoms with Crippen LogP contribution in [0.15, 0.2) is 24.3 Å². The quantitative estimate of drug-likeness (QED) is 0.914. The molecule has 1 aromatic heterocycles. The summed E-state index contributed by atoms with van der Waals surface area (Å²) in [7, 11) is 0. The predicted molar refractivity (Wildman–Crippen MR) is 97.5 cm³/mol. The maximum atomic E-state index is 12.7. The zero-order chi connectivity index (χ0) is 18.2. The second kappa shape index (κ2) is 6.55. The van der Waals surface area contributed by atoms with E-state index in [0.29, 0.717) is 13.0 Å². The fourth-order valence-corrected chi connectivity index (χ4v) is 3.73. The Morgan fingerprint density at radius 1 is 1.28 bits per heavy atom. The van der Waals surface area contributed by atoms with E-state index in [1.807, 2.05) is 24.3 Å². The van der Waals surface area contributed by atoms with Crippen molar-refractivity contribution in [2.75, 3.05) is 4.90 Å². The van der Waals surface area contributed by atoms with E-state index in [0.717, 1.165) is 21.3 Å². The van der Waals surface area contributed by atoms with Crippen LogP contribution in [0.2, 0.25) is 0 Å². The minimum absolute atomic E-state index is 0.0571. The summed E-state index contributed by atoms with van der Waals surface area (Å²) in [6.07, 6.45) is 0.533. The molecule has 132 valence electrons. The average molecular weight is 358 g/mol. The van der Waals surface area contributed by atoms with Gasteiger partial charge in [-0.25, -0.2) is 0 Å². The Labute approximate surface area is 151 Å². The number of fused-ring (bicyclic) bond motifs is 1. The van der Waals surface area contributed by atoms with Crippen molar-refractivity contribution in [2.24, 2.45) is 0 Å². The minimum Gasteiger partial charge on any atom is -0.348 e. The Bertz CT molecular complexity index is 809. The van der Waals surface area contributed by atoms with Crippen molar-refractivity contribution in [1.82, 2.24) is 15.5 Å². The van der Waals surface area contributed by atoms with Crippen LogP contribution in [0.3, 0.4) is 0 Å². The number of benzene rings is 1. The summed E-state index contributed by atoms with van der Waals surface area (Å²) < 4.78 is 0. The predicted octanol–water partition coefficient (Wildman–Crippen LogP) is 2.43. The lowest BCUT2D eigenvalue weighted by Crippen LogP contribution is -2.47. The van der Waals surface area contributed by atoms with Crippen LogP contribution in [0, 0.1) is 0 Å². The van der Waals surface area contributed by atoms with Crippen molar-refractivity contribution >= 4 is 28.8 Å². The van der Waals surface area contributed by atoms with E-state index in [9.17, 15) is 9.59 Å². The van der Waals surface area contributed by atoms with E-state index in [4.69, 9.17) is 0 Å². The zero-order valence-corrected chi connectivity index (χ0v) is 15.7. The standard InChI is InChI=1S/C18H22N4O2S/c1-11(23)22-13-8-6-5-7-12(13)9-14(22)16(24)19-10-15-20-21-17(25-15)18(2,3)4/h5-8,14H,9-10H2,1-4H3,(H,19,24)/t14-/m0/s1. The molecule has 0 aliphatic carbocycles. The van der Waals surface area contributed by atoms with Crippen LogP contribution in [-0.2, 0) is 28.0 Å². The van der Waals surface area contributed by atoms with Crippen molar-refractivity contribution in [3.05, 3.63) is 39.8 Å². The lowest BCUT2D eigenvalue weighted by atomic mass is 9.98. The van der Waals surface area contributed by atoms with Crippen LogP contribution in [0.5, 0.6) is 0 Å². The summed E-state index contributed by atoms with van der Waals surface area (Å²) in [5, 5.41) is 12.9. The molecule has 0 radical (unpaired) electrons. The van der Waals surface area contributed by atoms with Crippen LogP contribution in [0.4, 0.5) is 5.69 Å². The Hall–Kier alpha value is -2.28. The Morgan fingerprint density at radius 3 is 2.64 bits per heavy atom. The highest BCUT2D eigenvalue weighted by atomic mass is 32.1. The molecule has 0 saturated heterocycles. The van der Waals surface area contributed by atoms with Gasteiger partial charge in [0.25, 0.3) is 0 Å². The number of para-hydroxylation sites is 1. The number of rotatable bonds is 3. The number of carbonyl (C=O) groups is 2. The van der Waals surface area contributed by atoms with E-state index in [1.165, 1.54) is 18.3 Å². The van der Waals surface area contributed by atoms with Crippen LogP contribution in [-0.4, -0.2) is 28.1 Å². The van der Waals surface area contributed by atoms with Crippen LogP contribution < -0.4 is 10.2 Å². The summed E-state index contributed by atoms with van der Waals surface area (Å²) in [5.41, 5.74) is 1.78. The number of anilines is 1. The van der Waals surface area contributed by atoms with Crippen LogP contribution in [0.25, 0.3) is 0 Å². The molecular weight excluding hydrogens is 336 g/mol. The number of amides is 2. The van der Waals surface area contributed by atoms with Crippen molar-refractivity contribution in [1.29, 1.82) is 0 Å². The first-order chi connectivity index (χ1) is 11.8. The second-order valence-corrected chi connectivity index (χ2v) is 8.27. The van der Waals surface area contributed by atoms with Gasteiger partial charge in [0.15, 0.2) is 0 Å². The van der Waals surface area contributed by atoms with Crippen molar-refractivity contribution in [2.45, 2.75) is 52.1 Å². The monoisotopic (exact) mass is 358 g/mol. The van der Waals surface area contributed by atoms with E-state index in [2.05, 4.69) is 36.3 Å². The molecule has 0 saturated carbocycles. The van der Waals surface area contributed by atoms with Gasteiger partial charge in [0, 0.05) is 24.4 Å². The summed E-state index contributed by atoms with van der Waals surface area (Å²) in [5.74, 6) is -0.296. The molecule has 1 aromatic carbocycles. The molecule has 1 aliphatic heterocycles. The highest BCUT2D eigenvalue weighted by Gasteiger charge is 2.36. The van der Waals surface area contributed by atoms with Gasteiger partial charge in [-0.1, -0.05) is 50.3 Å². The molecule has 2 amide bonds. The molecular formula is C18H22N4O2S. The van der Waals surface area contributed by atoms with Gasteiger partial charge in [0.05, 0.1) is 6.54 Å². The van der Waals surface area contributed by atoms with Gasteiger partial charge in [-0.2, -0.15) is 0 Å². The third kappa shape index (κ3) is 3.56. The summed E-state index contributed by atoms with van der Waals surface area (Å²) in [6, 6.07) is 7.13. The smallest absolute Gasteiger partial charge is 0.243 e. The van der Waals surface area contributed by atoms with E-state index in [-0.39, 0.29) is 17.2 Å². The van der Waals surface area contributed by atoms with Gasteiger partial charge in [0.2, 0.25) is 11.8 Å². The maximum absolute atomic E-state index is 12.7. The molecule has 2 heterocycles. The third-order valence-electron chi connectivity index (χ3n) is 4.14. The zero-order valence-electron chi connectivity index (χ0n) is 14.9. The average Bonchev–Trinajstić information content (AvgIpc) is 3.16. The molecule has 2 aromatic rings. The van der Waals surface area contributed by atoms with E-state index < -0.39 is 6.04 Å². The molecule has 3 rings (SSSR count). The SMILES string of the molecule is CC(=O)N1c2ccccc2C[C@H]1C(=O)NCc1nnc(C(C)(C)C)s1. The van der Waals surface area contributed by atoms with Gasteiger partial charge < -0.3 is 5.32 Å². The van der Waals surface area contributed by atoms with Crippen LogP contribution >= 0.6 is 11.3 Å². The summed E-state index contributed by atoms with van der Waals surface area (Å²) in [4.78, 5) is 26.3. The molecule has 0 bridgehead atoms. The van der Waals surface area contributed by atoms with Gasteiger partial charge >= 0.3 is 0 Å². The van der Waals surface area contributed by atoms with Crippen molar-refractivity contribution in [3.8, 4) is 0 Å². The number of nitrogens with one attached hydrogen (secondary N) is 1. The Kier molecular flexibility index (Phi) is 4.60. The Balaban J connectivity index is 1.69. The molecule has 1 atom stereocenters. The largest absolute Gasteiger partial charge is 0.348 e. The van der Waals surface area contributed by atoms with Gasteiger partial charge in [-0.3, -0.25) is 14.5 Å². The molecule has 1 N–H and O–H groups in total. The van der Waals surface area contributed by atoms with Gasteiger partial charge in [-0.15, -0.1) is 10.2 Å². The van der Waals surface area contributed by atoms with Crippen molar-refractivity contribution < 1.29 is 9.59 Å². The molecule has 1 aliphatic rings. The molecule has 7 heteroatoms. The minimum atomic E-state index is -0.509. The lowest BCUT2D eigenvalue weighted by Gasteiger charge is -2.23. The first kappa shape index (κ1) is 17.5. The lowest BCUT2D eigenvalue weighted by molar-refractivity contribution is -0.125. The molecule has 0 spiro atoms. The number of aromatic nitrogens is 2. The third-order valence-corrected chi connectivity index (χ3v) is 5.49. The topological polar surface area (TPSA) is 75.2 Å². The summed E-state index contributed by atoms with van der Waals surface area (Å²) >= 11 is 1.50. The first-order valence-electron chi connectivity index (χ1n) is 8.25. The normalized spacial score (nSPS) is 16.6.